The highest BCUT2D eigenvalue weighted by atomic mass is 15.2. The zero-order valence-electron chi connectivity index (χ0n) is 4.55. The summed E-state index contributed by atoms with van der Waals surface area (Å²) in [5.74, 6) is 0. The van der Waals surface area contributed by atoms with Crippen LogP contribution in [-0.2, 0) is 0 Å². The van der Waals surface area contributed by atoms with E-state index in [-0.39, 0.29) is 0 Å². The van der Waals surface area contributed by atoms with Gasteiger partial charge >= 0.3 is 0 Å². The van der Waals surface area contributed by atoms with Crippen LogP contribution in [0.5, 0.6) is 0 Å². The van der Waals surface area contributed by atoms with Crippen molar-refractivity contribution in [1.29, 1.82) is 5.26 Å². The summed E-state index contributed by atoms with van der Waals surface area (Å²) in [5.41, 5.74) is 0.396. The van der Waals surface area contributed by atoms with Crippen molar-refractivity contribution in [3.8, 4) is 6.07 Å². The summed E-state index contributed by atoms with van der Waals surface area (Å²) < 4.78 is 0. The molecule has 0 saturated heterocycles. The van der Waals surface area contributed by atoms with Gasteiger partial charge in [-0.25, -0.2) is 0 Å². The van der Waals surface area contributed by atoms with E-state index in [0.717, 1.165) is 0 Å². The highest BCUT2D eigenvalue weighted by Gasteiger charge is 2.10. The van der Waals surface area contributed by atoms with Crippen LogP contribution in [-0.4, -0.2) is 24.3 Å². The molecule has 3 nitrogen and oxygen atoms in total. The Morgan fingerprint density at radius 2 is 2.75 bits per heavy atom. The standard InChI is InChI=1S/C5H5N3/c1-8-3-5(2-6)7-4-8/h4H2,1H3. The van der Waals surface area contributed by atoms with Crippen LogP contribution < -0.4 is 0 Å². The lowest BCUT2D eigenvalue weighted by Crippen LogP contribution is -2.10. The summed E-state index contributed by atoms with van der Waals surface area (Å²) in [6.45, 7) is 3.30. The molecule has 0 saturated carbocycles. The van der Waals surface area contributed by atoms with Gasteiger partial charge in [-0.05, 0) is 7.05 Å². The Balaban J connectivity index is 2.53. The van der Waals surface area contributed by atoms with Crippen molar-refractivity contribution >= 4 is 5.71 Å². The SMILES string of the molecule is CN1[C]C(C#N)=NC1. The normalized spacial score (nSPS) is 20.2. The minimum Gasteiger partial charge on any atom is -0.271 e. The molecule has 0 N–H and O–H groups in total. The first-order valence-electron chi connectivity index (χ1n) is 2.25. The van der Waals surface area contributed by atoms with Crippen molar-refractivity contribution < 1.29 is 0 Å². The molecule has 0 amide bonds. The van der Waals surface area contributed by atoms with Gasteiger partial charge in [0, 0.05) is 0 Å². The average Bonchev–Trinajstić information content (AvgIpc) is 2.14. The van der Waals surface area contributed by atoms with Gasteiger partial charge in [-0.3, -0.25) is 9.89 Å². The minimum absolute atomic E-state index is 0.396. The van der Waals surface area contributed by atoms with E-state index < -0.39 is 0 Å². The summed E-state index contributed by atoms with van der Waals surface area (Å²) in [4.78, 5) is 5.54. The highest BCUT2D eigenvalue weighted by molar-refractivity contribution is 6.05. The Morgan fingerprint density at radius 3 is 3.00 bits per heavy atom. The van der Waals surface area contributed by atoms with Crippen LogP contribution in [0.15, 0.2) is 4.99 Å². The molecule has 0 aromatic heterocycles. The number of rotatable bonds is 0. The Bertz CT molecular complexity index is 154. The van der Waals surface area contributed by atoms with Crippen molar-refractivity contribution in [3.05, 3.63) is 6.54 Å². The third-order valence-corrected chi connectivity index (χ3v) is 0.844. The molecule has 0 aromatic carbocycles. The zero-order valence-corrected chi connectivity index (χ0v) is 4.55. The molecule has 0 bridgehead atoms. The molecule has 0 aromatic rings. The fourth-order valence-electron chi connectivity index (χ4n) is 0.489. The predicted octanol–water partition coefficient (Wildman–Crippen LogP) is -0.107. The van der Waals surface area contributed by atoms with E-state index in [0.29, 0.717) is 12.4 Å². The van der Waals surface area contributed by atoms with Gasteiger partial charge in [0.1, 0.15) is 18.3 Å². The van der Waals surface area contributed by atoms with Crippen molar-refractivity contribution in [1.82, 2.24) is 4.90 Å². The van der Waals surface area contributed by atoms with Gasteiger partial charge in [0.05, 0.1) is 6.67 Å². The number of nitrogens with zero attached hydrogens (tertiary/aromatic N) is 3. The van der Waals surface area contributed by atoms with Crippen molar-refractivity contribution in [2.75, 3.05) is 13.7 Å². The molecule has 0 unspecified atom stereocenters. The molecule has 1 rings (SSSR count). The Labute approximate surface area is 48.2 Å². The molecule has 40 valence electrons. The second-order valence-electron chi connectivity index (χ2n) is 1.57. The predicted molar refractivity (Wildman–Crippen MR) is 28.9 cm³/mol. The van der Waals surface area contributed by atoms with Gasteiger partial charge < -0.3 is 0 Å². The highest BCUT2D eigenvalue weighted by Crippen LogP contribution is 1.99. The van der Waals surface area contributed by atoms with Crippen LogP contribution in [0.4, 0.5) is 0 Å². The van der Waals surface area contributed by atoms with Crippen LogP contribution in [0.25, 0.3) is 0 Å². The fourth-order valence-corrected chi connectivity index (χ4v) is 0.489. The Hall–Kier alpha value is -0.880. The largest absolute Gasteiger partial charge is 0.271 e. The smallest absolute Gasteiger partial charge is 0.139 e. The fraction of sp³-hybridized carbons (Fsp3) is 0.400. The number of aliphatic imine (C=N–C) groups is 1. The molecular formula is C5H5N3. The van der Waals surface area contributed by atoms with Crippen LogP contribution >= 0.6 is 0 Å². The van der Waals surface area contributed by atoms with Gasteiger partial charge in [0.2, 0.25) is 0 Å². The molecule has 1 aliphatic rings. The van der Waals surface area contributed by atoms with Crippen molar-refractivity contribution in [3.63, 3.8) is 0 Å². The van der Waals surface area contributed by atoms with E-state index in [1.807, 2.05) is 13.1 Å². The van der Waals surface area contributed by atoms with E-state index in [4.69, 9.17) is 5.26 Å². The van der Waals surface area contributed by atoms with Crippen LogP contribution in [0, 0.1) is 17.9 Å². The molecular weight excluding hydrogens is 102 g/mol. The van der Waals surface area contributed by atoms with E-state index in [9.17, 15) is 0 Å². The average molecular weight is 107 g/mol. The van der Waals surface area contributed by atoms with Gasteiger partial charge in [0.25, 0.3) is 0 Å². The van der Waals surface area contributed by atoms with Crippen LogP contribution in [0.2, 0.25) is 0 Å². The molecule has 1 heterocycles. The monoisotopic (exact) mass is 107 g/mol. The second kappa shape index (κ2) is 1.93. The maximum Gasteiger partial charge on any atom is 0.139 e. The first-order chi connectivity index (χ1) is 3.83. The molecule has 3 heteroatoms. The van der Waals surface area contributed by atoms with Crippen LogP contribution in [0.1, 0.15) is 0 Å². The molecule has 8 heavy (non-hydrogen) atoms. The lowest BCUT2D eigenvalue weighted by atomic mass is 10.4. The summed E-state index contributed by atoms with van der Waals surface area (Å²) in [7, 11) is 1.83. The topological polar surface area (TPSA) is 39.4 Å². The molecule has 0 fully saturated rings. The van der Waals surface area contributed by atoms with Gasteiger partial charge in [-0.1, -0.05) is 0 Å². The maximum atomic E-state index is 8.21. The van der Waals surface area contributed by atoms with Crippen molar-refractivity contribution in [2.45, 2.75) is 0 Å². The molecule has 1 aliphatic heterocycles. The first kappa shape index (κ1) is 5.26. The third-order valence-electron chi connectivity index (χ3n) is 0.844. The summed E-state index contributed by atoms with van der Waals surface area (Å²) in [6, 6.07) is 1.89. The van der Waals surface area contributed by atoms with Gasteiger partial charge in [0.15, 0.2) is 0 Å². The molecule has 0 atom stereocenters. The van der Waals surface area contributed by atoms with E-state index in [2.05, 4.69) is 11.5 Å². The summed E-state index contributed by atoms with van der Waals surface area (Å²) >= 11 is 0. The minimum atomic E-state index is 0.396. The number of nitriles is 1. The van der Waals surface area contributed by atoms with Crippen LogP contribution in [0.3, 0.4) is 0 Å². The van der Waals surface area contributed by atoms with Crippen molar-refractivity contribution in [2.24, 2.45) is 4.99 Å². The third kappa shape index (κ3) is 0.849. The van der Waals surface area contributed by atoms with E-state index >= 15 is 0 Å². The Morgan fingerprint density at radius 1 is 2.00 bits per heavy atom. The van der Waals surface area contributed by atoms with Gasteiger partial charge in [-0.2, -0.15) is 5.26 Å². The van der Waals surface area contributed by atoms with E-state index in [1.165, 1.54) is 0 Å². The quantitative estimate of drug-likeness (QED) is 0.433. The van der Waals surface area contributed by atoms with E-state index in [1.54, 1.807) is 4.90 Å². The molecule has 0 spiro atoms. The molecule has 2 radical (unpaired) electrons. The number of hydrogen-bond acceptors (Lipinski definition) is 3. The maximum absolute atomic E-state index is 8.21. The summed E-state index contributed by atoms with van der Waals surface area (Å²) in [6.07, 6.45) is 0. The number of hydrogen-bond donors (Lipinski definition) is 0. The lowest BCUT2D eigenvalue weighted by molar-refractivity contribution is 0.470. The second-order valence-corrected chi connectivity index (χ2v) is 1.57. The molecule has 0 aliphatic carbocycles. The summed E-state index contributed by atoms with van der Waals surface area (Å²) in [5, 5.41) is 8.21. The zero-order chi connectivity index (χ0) is 5.98. The first-order valence-corrected chi connectivity index (χ1v) is 2.25. The Kier molecular flexibility index (Phi) is 1.27. The van der Waals surface area contributed by atoms with Gasteiger partial charge in [-0.15, -0.1) is 0 Å². The lowest BCUT2D eigenvalue weighted by Gasteiger charge is -1.98.